The van der Waals surface area contributed by atoms with Gasteiger partial charge in [-0.2, -0.15) is 10.2 Å². The Hall–Kier alpha value is -8.04. The normalized spacial score (nSPS) is 24.4. The maximum Gasteiger partial charge on any atom is 0.248 e. The number of aromatic nitrogens is 12. The van der Waals surface area contributed by atoms with Crippen LogP contribution in [0.1, 0.15) is 71.3 Å². The third kappa shape index (κ3) is 13.9. The summed E-state index contributed by atoms with van der Waals surface area (Å²) < 4.78 is 120. The van der Waals surface area contributed by atoms with Gasteiger partial charge in [0, 0.05) is 58.5 Å². The molecule has 10 aromatic rings. The van der Waals surface area contributed by atoms with Crippen LogP contribution in [-0.2, 0) is 47.5 Å². The Morgan fingerprint density at radius 2 is 0.892 bits per heavy atom. The van der Waals surface area contributed by atoms with Gasteiger partial charge < -0.3 is 47.7 Å². The van der Waals surface area contributed by atoms with Gasteiger partial charge >= 0.3 is 0 Å². The third-order valence-electron chi connectivity index (χ3n) is 18.1. The van der Waals surface area contributed by atoms with Gasteiger partial charge in [0.15, 0.2) is 24.2 Å². The first kappa shape index (κ1) is 69.7. The number of halogens is 10. The maximum atomic E-state index is 15.1. The molecule has 12 atom stereocenters. The second kappa shape index (κ2) is 29.2. The van der Waals surface area contributed by atoms with Crippen LogP contribution < -0.4 is 0 Å². The monoisotopic (exact) mass is 1510 g/mol. The number of hydrogen-bond donors (Lipinski definition) is 0. The van der Waals surface area contributed by atoms with Crippen molar-refractivity contribution in [3.8, 4) is 33.9 Å². The number of amides is 2. The molecule has 102 heavy (non-hydrogen) atoms. The van der Waals surface area contributed by atoms with E-state index in [4.69, 9.17) is 128 Å². The first-order valence-corrected chi connectivity index (χ1v) is 34.2. The number of carbonyl (C=O) groups excluding carboxylic acids is 2. The van der Waals surface area contributed by atoms with Gasteiger partial charge in [-0.15, -0.1) is 10.2 Å². The zero-order valence-electron chi connectivity index (χ0n) is 53.4. The SMILES string of the molecule is Cc1nc(C2OC3COC(c4ccccc4)OC3C(n3cc(-c4cc(F)c(Cl)c(F)c4)nn3)C2OCC(=O)N2CCN(C(=O)COC3C(c4nc(C)nn4-c4cc(Cl)ccc4Cl)OC4COC(c5ccccc5)OC4C3n3cc(-c4cc(F)c(Cl)c(F)c4)nn3)CC2)n(-c2cc(Cl)ccc2Cl)n1. The summed E-state index contributed by atoms with van der Waals surface area (Å²) in [5.74, 6) is -4.14. The molecule has 0 spiro atoms. The number of carbonyl (C=O) groups is 2. The van der Waals surface area contributed by atoms with Crippen LogP contribution in [0.2, 0.25) is 30.1 Å². The molecule has 0 saturated carbocycles. The van der Waals surface area contributed by atoms with Crippen molar-refractivity contribution in [3.63, 3.8) is 0 Å². The van der Waals surface area contributed by atoms with Crippen molar-refractivity contribution in [1.82, 2.24) is 69.3 Å². The molecule has 0 bridgehead atoms. The van der Waals surface area contributed by atoms with E-state index < -0.39 is 132 Å². The summed E-state index contributed by atoms with van der Waals surface area (Å²) in [6.07, 6.45) is -7.68. The highest BCUT2D eigenvalue weighted by molar-refractivity contribution is 6.35. The molecule has 5 aliphatic rings. The molecule has 34 heteroatoms. The Morgan fingerprint density at radius 1 is 0.510 bits per heavy atom. The van der Waals surface area contributed by atoms with Gasteiger partial charge in [0.1, 0.15) is 130 Å². The number of rotatable bonds is 16. The summed E-state index contributed by atoms with van der Waals surface area (Å²) in [6.45, 7) is 2.20. The molecule has 5 aliphatic heterocycles. The van der Waals surface area contributed by atoms with Crippen LogP contribution in [0.15, 0.2) is 134 Å². The quantitative estimate of drug-likeness (QED) is 0.0645. The van der Waals surface area contributed by atoms with Crippen LogP contribution in [0.3, 0.4) is 0 Å². The van der Waals surface area contributed by atoms with Gasteiger partial charge in [-0.1, -0.05) is 141 Å². The van der Waals surface area contributed by atoms with Gasteiger partial charge in [0.25, 0.3) is 0 Å². The van der Waals surface area contributed by atoms with E-state index in [0.29, 0.717) is 44.2 Å². The largest absolute Gasteiger partial charge is 0.363 e. The highest BCUT2D eigenvalue weighted by Gasteiger charge is 2.56. The Bertz CT molecular complexity index is 4450. The lowest BCUT2D eigenvalue weighted by molar-refractivity contribution is -0.322. The second-order valence-electron chi connectivity index (χ2n) is 24.6. The Morgan fingerprint density at radius 3 is 1.27 bits per heavy atom. The Kier molecular flexibility index (Phi) is 20.0. The molecule has 0 N–H and O–H groups in total. The first-order chi connectivity index (χ1) is 49.3. The molecule has 0 aliphatic carbocycles. The fraction of sp³-hybridized carbons (Fsp3) is 0.324. The van der Waals surface area contributed by atoms with E-state index in [9.17, 15) is 9.59 Å². The number of aryl methyl sites for hydroxylation is 2. The highest BCUT2D eigenvalue weighted by atomic mass is 35.5. The Labute approximate surface area is 607 Å². The zero-order chi connectivity index (χ0) is 70.8. The summed E-state index contributed by atoms with van der Waals surface area (Å²) >= 11 is 38.6. The number of nitrogens with zero attached hydrogens (tertiary/aromatic N) is 14. The van der Waals surface area contributed by atoms with Crippen molar-refractivity contribution in [2.45, 2.75) is 87.3 Å². The smallest absolute Gasteiger partial charge is 0.248 e. The molecule has 2 amide bonds. The fourth-order valence-corrected chi connectivity index (χ4v) is 14.2. The predicted octanol–water partition coefficient (Wildman–Crippen LogP) is 12.2. The van der Waals surface area contributed by atoms with Gasteiger partial charge in [-0.25, -0.2) is 46.3 Å². The van der Waals surface area contributed by atoms with Crippen LogP contribution in [0, 0.1) is 37.1 Å². The van der Waals surface area contributed by atoms with E-state index in [1.54, 1.807) is 50.2 Å². The molecule has 528 valence electrons. The van der Waals surface area contributed by atoms with Crippen molar-refractivity contribution >= 4 is 81.4 Å². The first-order valence-electron chi connectivity index (χ1n) is 31.9. The standard InChI is InChI=1S/C68H56Cl6F4N14O10/c1-33-79-65(91(83-33)49-25-39(69)13-15-41(49)71)63-61(57(59-51(99-63)29-97-67(101-59)35-9-5-3-6-10-35)89-27-47(81-85-89)37-21-43(75)55(73)44(76)22-37)95-31-53(93)87-17-19-88(20-18-87)54(94)32-96-62-58(90-28-48(82-86-90)38-23-45(77)56(74)46(78)24-38)60-52(30-98-68(102-60)36-11-7-4-8-12-36)100-64(62)66-80-34(2)84-92(66)50-26-40(70)14-16-42(50)72/h3-16,21-28,51-52,57-64,67-68H,17-20,29-32H2,1-2H3. The lowest BCUT2D eigenvalue weighted by Crippen LogP contribution is -2.58. The minimum Gasteiger partial charge on any atom is -0.363 e. The van der Waals surface area contributed by atoms with E-state index in [1.807, 2.05) is 60.7 Å². The molecule has 24 nitrogen and oxygen atoms in total. The molecule has 6 aromatic carbocycles. The highest BCUT2D eigenvalue weighted by Crippen LogP contribution is 2.49. The van der Waals surface area contributed by atoms with Gasteiger partial charge in [0.2, 0.25) is 11.8 Å². The van der Waals surface area contributed by atoms with Crippen molar-refractivity contribution in [3.05, 3.63) is 222 Å². The average Bonchev–Trinajstić information content (AvgIpc) is 1.26. The summed E-state index contributed by atoms with van der Waals surface area (Å²) in [5, 5.41) is 27.0. The molecule has 9 heterocycles. The lowest BCUT2D eigenvalue weighted by Gasteiger charge is -2.49. The van der Waals surface area contributed by atoms with E-state index in [-0.39, 0.29) is 83.6 Å². The second-order valence-corrected chi connectivity index (χ2v) is 27.0. The molecular weight excluding hydrogens is 1460 g/mol. The maximum absolute atomic E-state index is 15.1. The minimum absolute atomic E-state index is 0.0154. The minimum atomic E-state index is -1.27. The third-order valence-corrected chi connectivity index (χ3v) is 19.9. The number of piperazine rings is 1. The van der Waals surface area contributed by atoms with Crippen LogP contribution >= 0.6 is 69.6 Å². The average molecular weight is 1520 g/mol. The van der Waals surface area contributed by atoms with Crippen molar-refractivity contribution in [1.29, 1.82) is 0 Å². The topological polar surface area (TPSA) is 237 Å². The fourth-order valence-electron chi connectivity index (χ4n) is 13.3. The van der Waals surface area contributed by atoms with Crippen LogP contribution in [0.4, 0.5) is 17.6 Å². The van der Waals surface area contributed by atoms with Gasteiger partial charge in [0.05, 0.1) is 47.0 Å². The number of benzene rings is 6. The summed E-state index contributed by atoms with van der Waals surface area (Å²) in [6, 6.07) is 29.9. The number of hydrogen-bond acceptors (Lipinski definition) is 18. The van der Waals surface area contributed by atoms with Gasteiger partial charge in [-0.3, -0.25) is 9.59 Å². The molecule has 0 radical (unpaired) electrons. The molecule has 5 saturated heterocycles. The van der Waals surface area contributed by atoms with Crippen molar-refractivity contribution < 1.29 is 65.0 Å². The van der Waals surface area contributed by atoms with Crippen molar-refractivity contribution in [2.75, 3.05) is 52.6 Å². The summed E-state index contributed by atoms with van der Waals surface area (Å²) in [4.78, 5) is 42.5. The summed E-state index contributed by atoms with van der Waals surface area (Å²) in [7, 11) is 0. The van der Waals surface area contributed by atoms with Crippen LogP contribution in [0.25, 0.3) is 33.9 Å². The molecule has 15 rings (SSSR count). The van der Waals surface area contributed by atoms with Crippen LogP contribution in [0.5, 0.6) is 0 Å². The molecule has 12 unspecified atom stereocenters. The number of fused-ring (bicyclic) bond motifs is 2. The Balaban J connectivity index is 0.725. The van der Waals surface area contributed by atoms with E-state index in [0.717, 1.165) is 24.3 Å². The van der Waals surface area contributed by atoms with E-state index in [2.05, 4.69) is 20.6 Å². The predicted molar refractivity (Wildman–Crippen MR) is 359 cm³/mol. The molecule has 4 aromatic heterocycles. The number of ether oxygens (including phenoxy) is 8. The van der Waals surface area contributed by atoms with E-state index >= 15 is 17.6 Å². The van der Waals surface area contributed by atoms with E-state index in [1.165, 1.54) is 40.9 Å². The van der Waals surface area contributed by atoms with Gasteiger partial charge in [-0.05, 0) is 74.5 Å². The zero-order valence-corrected chi connectivity index (χ0v) is 57.9. The van der Waals surface area contributed by atoms with Crippen LogP contribution in [-0.4, -0.2) is 170 Å². The molecular formula is C68H56Cl6F4N14O10. The lowest BCUT2D eigenvalue weighted by atomic mass is 9.90. The summed E-state index contributed by atoms with van der Waals surface area (Å²) in [5.41, 5.74) is 2.16. The van der Waals surface area contributed by atoms with Crippen molar-refractivity contribution in [2.24, 2.45) is 0 Å². The molecule has 5 fully saturated rings.